The minimum absolute atomic E-state index is 0.131. The zero-order chi connectivity index (χ0) is 19.8. The molecule has 3 rings (SSSR count). The summed E-state index contributed by atoms with van der Waals surface area (Å²) >= 11 is 0. The number of nitrogens with zero attached hydrogens (tertiary/aromatic N) is 4. The number of aromatic nitrogens is 2. The molecule has 2 aromatic rings. The number of piperazine rings is 1. The molecule has 0 saturated carbocycles. The molecule has 7 nitrogen and oxygen atoms in total. The molecule has 0 radical (unpaired) electrons. The SMILES string of the molecule is Cc1nc(CN2CCN(c3ccc(S(=O)(=O)C(C)(C)C)nc3)CC2)oc1C. The van der Waals surface area contributed by atoms with Crippen LogP contribution in [0.25, 0.3) is 0 Å². The normalized spacial score (nSPS) is 16.7. The number of rotatable bonds is 4. The van der Waals surface area contributed by atoms with Crippen LogP contribution < -0.4 is 4.90 Å². The summed E-state index contributed by atoms with van der Waals surface area (Å²) in [7, 11) is -3.42. The van der Waals surface area contributed by atoms with Gasteiger partial charge in [0.1, 0.15) is 5.76 Å². The second-order valence-electron chi connectivity index (χ2n) is 7.98. The van der Waals surface area contributed by atoms with Gasteiger partial charge < -0.3 is 9.32 Å². The highest BCUT2D eigenvalue weighted by atomic mass is 32.2. The van der Waals surface area contributed by atoms with Gasteiger partial charge in [0.25, 0.3) is 0 Å². The maximum Gasteiger partial charge on any atom is 0.208 e. The summed E-state index contributed by atoms with van der Waals surface area (Å²) in [6.07, 6.45) is 1.66. The van der Waals surface area contributed by atoms with Crippen molar-refractivity contribution >= 4 is 15.5 Å². The molecule has 0 N–H and O–H groups in total. The molecule has 27 heavy (non-hydrogen) atoms. The predicted molar refractivity (Wildman–Crippen MR) is 105 cm³/mol. The molecule has 8 heteroatoms. The zero-order valence-electron chi connectivity index (χ0n) is 16.7. The van der Waals surface area contributed by atoms with Crippen LogP contribution in [0, 0.1) is 13.8 Å². The van der Waals surface area contributed by atoms with E-state index in [2.05, 4.69) is 19.8 Å². The Morgan fingerprint density at radius 1 is 1.11 bits per heavy atom. The molecule has 0 aliphatic carbocycles. The molecule has 3 heterocycles. The first kappa shape index (κ1) is 19.8. The van der Waals surface area contributed by atoms with Gasteiger partial charge in [-0.2, -0.15) is 0 Å². The van der Waals surface area contributed by atoms with Crippen LogP contribution in [-0.2, 0) is 16.4 Å². The van der Waals surface area contributed by atoms with Crippen molar-refractivity contribution in [3.8, 4) is 0 Å². The quantitative estimate of drug-likeness (QED) is 0.791. The molecule has 0 spiro atoms. The summed E-state index contributed by atoms with van der Waals surface area (Å²) in [4.78, 5) is 13.2. The maximum atomic E-state index is 12.5. The number of pyridine rings is 1. The maximum absolute atomic E-state index is 12.5. The average molecular weight is 393 g/mol. The molecular formula is C19H28N4O3S. The van der Waals surface area contributed by atoms with Crippen molar-refractivity contribution in [2.45, 2.75) is 50.9 Å². The molecule has 0 unspecified atom stereocenters. The Bertz CT molecular complexity index is 871. The van der Waals surface area contributed by atoms with Gasteiger partial charge in [-0.25, -0.2) is 18.4 Å². The van der Waals surface area contributed by atoms with Crippen molar-refractivity contribution in [3.63, 3.8) is 0 Å². The number of hydrogen-bond acceptors (Lipinski definition) is 7. The Kier molecular flexibility index (Phi) is 5.31. The van der Waals surface area contributed by atoms with Crippen molar-refractivity contribution in [2.75, 3.05) is 31.1 Å². The van der Waals surface area contributed by atoms with Gasteiger partial charge in [-0.1, -0.05) is 0 Å². The van der Waals surface area contributed by atoms with Crippen LogP contribution in [0.15, 0.2) is 27.8 Å². The van der Waals surface area contributed by atoms with Gasteiger partial charge in [0.2, 0.25) is 5.89 Å². The summed E-state index contributed by atoms with van der Waals surface area (Å²) in [5, 5.41) is 0.131. The third-order valence-electron chi connectivity index (χ3n) is 4.97. The van der Waals surface area contributed by atoms with Crippen molar-refractivity contribution < 1.29 is 12.8 Å². The molecule has 1 fully saturated rings. The monoisotopic (exact) mass is 392 g/mol. The fourth-order valence-corrected chi connectivity index (χ4v) is 4.06. The number of aryl methyl sites for hydroxylation is 2. The Morgan fingerprint density at radius 3 is 2.26 bits per heavy atom. The van der Waals surface area contributed by atoms with Crippen LogP contribution in [0.2, 0.25) is 0 Å². The first-order valence-corrected chi connectivity index (χ1v) is 10.7. The van der Waals surface area contributed by atoms with Gasteiger partial charge in [0.05, 0.1) is 28.9 Å². The lowest BCUT2D eigenvalue weighted by atomic mass is 10.2. The number of sulfone groups is 1. The Morgan fingerprint density at radius 2 is 1.78 bits per heavy atom. The van der Waals surface area contributed by atoms with Crippen molar-refractivity contribution in [1.29, 1.82) is 0 Å². The van der Waals surface area contributed by atoms with Crippen LogP contribution in [-0.4, -0.2) is 54.2 Å². The standard InChI is InChI=1S/C19H28N4O3S/c1-14-15(2)26-17(21-14)13-22-8-10-23(11-9-22)16-6-7-18(20-12-16)27(24,25)19(3,4)5/h6-7,12H,8-11,13H2,1-5H3. The van der Waals surface area contributed by atoms with E-state index in [4.69, 9.17) is 4.42 Å². The summed E-state index contributed by atoms with van der Waals surface area (Å²) in [5.41, 5.74) is 1.89. The molecule has 0 aromatic carbocycles. The number of hydrogen-bond donors (Lipinski definition) is 0. The molecule has 0 bridgehead atoms. The van der Waals surface area contributed by atoms with E-state index in [1.54, 1.807) is 33.0 Å². The van der Waals surface area contributed by atoms with Crippen molar-refractivity contribution in [2.24, 2.45) is 0 Å². The topological polar surface area (TPSA) is 79.5 Å². The van der Waals surface area contributed by atoms with E-state index in [1.165, 1.54) is 0 Å². The third kappa shape index (κ3) is 4.16. The van der Waals surface area contributed by atoms with Crippen molar-refractivity contribution in [3.05, 3.63) is 35.7 Å². The van der Waals surface area contributed by atoms with E-state index in [0.717, 1.165) is 49.2 Å². The van der Waals surface area contributed by atoms with Crippen LogP contribution >= 0.6 is 0 Å². The summed E-state index contributed by atoms with van der Waals surface area (Å²) in [6, 6.07) is 3.46. The van der Waals surface area contributed by atoms with Crippen LogP contribution in [0.4, 0.5) is 5.69 Å². The first-order valence-electron chi connectivity index (χ1n) is 9.19. The second kappa shape index (κ2) is 7.24. The van der Waals surface area contributed by atoms with E-state index in [-0.39, 0.29) is 5.03 Å². The molecule has 0 amide bonds. The van der Waals surface area contributed by atoms with Gasteiger partial charge in [0.15, 0.2) is 14.9 Å². The molecule has 1 aliphatic rings. The smallest absolute Gasteiger partial charge is 0.208 e. The number of anilines is 1. The lowest BCUT2D eigenvalue weighted by molar-refractivity contribution is 0.225. The van der Waals surface area contributed by atoms with E-state index in [0.29, 0.717) is 6.54 Å². The van der Waals surface area contributed by atoms with Gasteiger partial charge in [0, 0.05) is 26.2 Å². The molecule has 148 valence electrons. The summed E-state index contributed by atoms with van der Waals surface area (Å²) < 4.78 is 29.8. The largest absolute Gasteiger partial charge is 0.444 e. The average Bonchev–Trinajstić information content (AvgIpc) is 2.92. The number of oxazole rings is 1. The second-order valence-corrected chi connectivity index (χ2v) is 10.6. The highest BCUT2D eigenvalue weighted by Gasteiger charge is 2.32. The van der Waals surface area contributed by atoms with Crippen LogP contribution in [0.1, 0.15) is 38.1 Å². The molecule has 2 aromatic heterocycles. The lowest BCUT2D eigenvalue weighted by Gasteiger charge is -2.35. The van der Waals surface area contributed by atoms with Gasteiger partial charge in [-0.05, 0) is 46.8 Å². The predicted octanol–water partition coefficient (Wildman–Crippen LogP) is 2.58. The Hall–Kier alpha value is -1.93. The van der Waals surface area contributed by atoms with Crippen LogP contribution in [0.5, 0.6) is 0 Å². The molecule has 1 saturated heterocycles. The molecular weight excluding hydrogens is 364 g/mol. The van der Waals surface area contributed by atoms with E-state index in [9.17, 15) is 8.42 Å². The fraction of sp³-hybridized carbons (Fsp3) is 0.579. The fourth-order valence-electron chi connectivity index (χ4n) is 2.99. The van der Waals surface area contributed by atoms with E-state index in [1.807, 2.05) is 19.9 Å². The van der Waals surface area contributed by atoms with Crippen LogP contribution in [0.3, 0.4) is 0 Å². The van der Waals surface area contributed by atoms with Gasteiger partial charge in [-0.3, -0.25) is 4.90 Å². The van der Waals surface area contributed by atoms with Crippen molar-refractivity contribution in [1.82, 2.24) is 14.9 Å². The molecule has 1 aliphatic heterocycles. The van der Waals surface area contributed by atoms with E-state index < -0.39 is 14.6 Å². The van der Waals surface area contributed by atoms with Gasteiger partial charge in [-0.15, -0.1) is 0 Å². The third-order valence-corrected chi connectivity index (χ3v) is 7.38. The van der Waals surface area contributed by atoms with Gasteiger partial charge >= 0.3 is 0 Å². The minimum Gasteiger partial charge on any atom is -0.444 e. The highest BCUT2D eigenvalue weighted by molar-refractivity contribution is 7.92. The summed E-state index contributed by atoms with van der Waals surface area (Å²) in [6.45, 7) is 13.2. The molecule has 0 atom stereocenters. The van der Waals surface area contributed by atoms with E-state index >= 15 is 0 Å². The highest BCUT2D eigenvalue weighted by Crippen LogP contribution is 2.25. The first-order chi connectivity index (χ1) is 12.6. The Balaban J connectivity index is 1.61. The lowest BCUT2D eigenvalue weighted by Crippen LogP contribution is -2.46. The minimum atomic E-state index is -3.42. The Labute approximate surface area is 161 Å². The zero-order valence-corrected chi connectivity index (χ0v) is 17.5. The summed E-state index contributed by atoms with van der Waals surface area (Å²) in [5.74, 6) is 1.64.